The number of rotatable bonds is 2. The molecule has 2 heterocycles. The monoisotopic (exact) mass is 280 g/mol. The number of alkyl halides is 2. The number of nitriles is 1. The highest BCUT2D eigenvalue weighted by atomic mass is 19.3. The third-order valence-corrected chi connectivity index (χ3v) is 3.81. The maximum Gasteiger partial charge on any atom is 0.497 e. The lowest BCUT2D eigenvalue weighted by atomic mass is 9.77. The van der Waals surface area contributed by atoms with Gasteiger partial charge in [-0.3, -0.25) is 4.98 Å². The van der Waals surface area contributed by atoms with Crippen LogP contribution in [0.5, 0.6) is 0 Å². The Morgan fingerprint density at radius 3 is 2.25 bits per heavy atom. The highest BCUT2D eigenvalue weighted by molar-refractivity contribution is 6.62. The first-order valence-corrected chi connectivity index (χ1v) is 6.21. The van der Waals surface area contributed by atoms with Crippen molar-refractivity contribution in [1.82, 2.24) is 4.98 Å². The first kappa shape index (κ1) is 14.9. The number of hydrogen-bond donors (Lipinski definition) is 0. The van der Waals surface area contributed by atoms with Crippen LogP contribution in [-0.2, 0) is 9.31 Å². The van der Waals surface area contributed by atoms with Crippen molar-refractivity contribution in [2.75, 3.05) is 0 Å². The lowest BCUT2D eigenvalue weighted by Crippen LogP contribution is -2.41. The van der Waals surface area contributed by atoms with Crippen LogP contribution in [0.1, 0.15) is 45.4 Å². The van der Waals surface area contributed by atoms with Crippen molar-refractivity contribution in [2.24, 2.45) is 0 Å². The molecule has 106 valence electrons. The van der Waals surface area contributed by atoms with Crippen LogP contribution in [0.25, 0.3) is 0 Å². The summed E-state index contributed by atoms with van der Waals surface area (Å²) in [6.45, 7) is 7.50. The van der Waals surface area contributed by atoms with Crippen molar-refractivity contribution in [2.45, 2.75) is 45.3 Å². The number of pyridine rings is 1. The molecule has 20 heavy (non-hydrogen) atoms. The zero-order chi connectivity index (χ0) is 15.1. The Morgan fingerprint density at radius 1 is 1.25 bits per heavy atom. The van der Waals surface area contributed by atoms with Gasteiger partial charge >= 0.3 is 7.12 Å². The van der Waals surface area contributed by atoms with E-state index in [2.05, 4.69) is 4.98 Å². The smallest absolute Gasteiger partial charge is 0.399 e. The van der Waals surface area contributed by atoms with Crippen LogP contribution in [0.2, 0.25) is 0 Å². The predicted molar refractivity (Wildman–Crippen MR) is 69.6 cm³/mol. The van der Waals surface area contributed by atoms with Gasteiger partial charge in [-0.15, -0.1) is 0 Å². The van der Waals surface area contributed by atoms with Crippen LogP contribution in [0, 0.1) is 11.3 Å². The molecule has 4 nitrogen and oxygen atoms in total. The maximum absolute atomic E-state index is 12.6. The summed E-state index contributed by atoms with van der Waals surface area (Å²) in [5.41, 5.74) is -1.09. The number of hydrogen-bond acceptors (Lipinski definition) is 4. The minimum atomic E-state index is -2.71. The van der Waals surface area contributed by atoms with Gasteiger partial charge in [0.25, 0.3) is 6.43 Å². The first-order chi connectivity index (χ1) is 9.18. The topological polar surface area (TPSA) is 55.1 Å². The van der Waals surface area contributed by atoms with E-state index in [1.807, 2.05) is 33.8 Å². The van der Waals surface area contributed by atoms with Gasteiger partial charge in [0, 0.05) is 11.7 Å². The van der Waals surface area contributed by atoms with Gasteiger partial charge in [-0.2, -0.15) is 5.26 Å². The van der Waals surface area contributed by atoms with Crippen LogP contribution in [0.3, 0.4) is 0 Å². The van der Waals surface area contributed by atoms with Gasteiger partial charge in [0.2, 0.25) is 0 Å². The molecule has 0 aliphatic carbocycles. The van der Waals surface area contributed by atoms with E-state index in [1.165, 1.54) is 6.20 Å². The molecule has 0 aromatic carbocycles. The van der Waals surface area contributed by atoms with Crippen molar-refractivity contribution in [3.8, 4) is 6.07 Å². The molecule has 1 aliphatic rings. The molecule has 0 amide bonds. The molecule has 0 spiro atoms. The van der Waals surface area contributed by atoms with Gasteiger partial charge in [0.05, 0.1) is 22.8 Å². The third-order valence-electron chi connectivity index (χ3n) is 3.81. The van der Waals surface area contributed by atoms with Gasteiger partial charge < -0.3 is 9.31 Å². The first-order valence-electron chi connectivity index (χ1n) is 6.21. The molecule has 0 radical (unpaired) electrons. The molecule has 1 saturated heterocycles. The number of halogens is 2. The minimum absolute atomic E-state index is 0.0915. The SMILES string of the molecule is CC1(C)OB(c2cnc(C(F)F)cc2C#N)OC1(C)C. The highest BCUT2D eigenvalue weighted by Crippen LogP contribution is 2.36. The number of nitrogens with zero attached hydrogens (tertiary/aromatic N) is 2. The zero-order valence-corrected chi connectivity index (χ0v) is 11.8. The zero-order valence-electron chi connectivity index (χ0n) is 11.8. The molecular formula is C13H15BF2N2O2. The summed E-state index contributed by atoms with van der Waals surface area (Å²) < 4.78 is 36.8. The van der Waals surface area contributed by atoms with Crippen molar-refractivity contribution in [3.05, 3.63) is 23.5 Å². The fourth-order valence-corrected chi connectivity index (χ4v) is 1.86. The van der Waals surface area contributed by atoms with Crippen LogP contribution < -0.4 is 5.46 Å². The van der Waals surface area contributed by atoms with Gasteiger partial charge in [0.1, 0.15) is 5.69 Å². The molecule has 0 N–H and O–H groups in total. The molecule has 1 aromatic heterocycles. The minimum Gasteiger partial charge on any atom is -0.399 e. The van der Waals surface area contributed by atoms with E-state index in [4.69, 9.17) is 14.6 Å². The highest BCUT2D eigenvalue weighted by Gasteiger charge is 2.52. The molecule has 1 aromatic rings. The summed E-state index contributed by atoms with van der Waals surface area (Å²) in [6, 6.07) is 2.96. The summed E-state index contributed by atoms with van der Waals surface area (Å²) in [5.74, 6) is 0. The Labute approximate surface area is 116 Å². The standard InChI is InChI=1S/C13H15BF2N2O2/c1-12(2)13(3,4)20-14(19-12)9-7-18-10(11(15)16)5-8(9)6-17/h5,7,11H,1-4H3. The van der Waals surface area contributed by atoms with Crippen molar-refractivity contribution in [1.29, 1.82) is 5.26 Å². The Morgan fingerprint density at radius 2 is 1.80 bits per heavy atom. The van der Waals surface area contributed by atoms with Crippen molar-refractivity contribution < 1.29 is 18.1 Å². The van der Waals surface area contributed by atoms with E-state index in [9.17, 15) is 8.78 Å². The molecule has 1 fully saturated rings. The fourth-order valence-electron chi connectivity index (χ4n) is 1.86. The molecule has 0 bridgehead atoms. The second-order valence-corrected chi connectivity index (χ2v) is 5.70. The van der Waals surface area contributed by atoms with Gasteiger partial charge in [-0.1, -0.05) is 0 Å². The second kappa shape index (κ2) is 4.79. The van der Waals surface area contributed by atoms with Crippen molar-refractivity contribution >= 4 is 12.6 Å². The lowest BCUT2D eigenvalue weighted by molar-refractivity contribution is 0.00578. The average molecular weight is 280 g/mol. The molecular weight excluding hydrogens is 265 g/mol. The second-order valence-electron chi connectivity index (χ2n) is 5.70. The molecule has 0 unspecified atom stereocenters. The van der Waals surface area contributed by atoms with E-state index in [0.29, 0.717) is 5.46 Å². The van der Waals surface area contributed by atoms with E-state index in [1.54, 1.807) is 0 Å². The number of aromatic nitrogens is 1. The summed E-state index contributed by atoms with van der Waals surface area (Å²) in [7, 11) is -0.783. The van der Waals surface area contributed by atoms with E-state index in [-0.39, 0.29) is 5.56 Å². The third kappa shape index (κ3) is 2.41. The quantitative estimate of drug-likeness (QED) is 0.779. The predicted octanol–water partition coefficient (Wildman–Crippen LogP) is 2.19. The van der Waals surface area contributed by atoms with E-state index < -0.39 is 30.4 Å². The molecule has 0 atom stereocenters. The summed E-state index contributed by atoms with van der Waals surface area (Å²) >= 11 is 0. The summed E-state index contributed by atoms with van der Waals surface area (Å²) in [4.78, 5) is 3.67. The van der Waals surface area contributed by atoms with Gasteiger partial charge in [-0.05, 0) is 33.8 Å². The van der Waals surface area contributed by atoms with Crippen LogP contribution in [0.15, 0.2) is 12.3 Å². The van der Waals surface area contributed by atoms with Crippen LogP contribution >= 0.6 is 0 Å². The summed E-state index contributed by atoms with van der Waals surface area (Å²) in [5, 5.41) is 9.11. The molecule has 1 aliphatic heterocycles. The normalized spacial score (nSPS) is 20.2. The summed E-state index contributed by atoms with van der Waals surface area (Å²) in [6.07, 6.45) is -1.49. The van der Waals surface area contributed by atoms with Crippen molar-refractivity contribution in [3.63, 3.8) is 0 Å². The Kier molecular flexibility index (Phi) is 3.57. The molecule has 2 rings (SSSR count). The molecule has 7 heteroatoms. The van der Waals surface area contributed by atoms with Gasteiger partial charge in [0.15, 0.2) is 0 Å². The maximum atomic E-state index is 12.6. The fraction of sp³-hybridized carbons (Fsp3) is 0.538. The van der Waals surface area contributed by atoms with E-state index >= 15 is 0 Å². The van der Waals surface area contributed by atoms with Gasteiger partial charge in [-0.25, -0.2) is 8.78 Å². The van der Waals surface area contributed by atoms with E-state index in [0.717, 1.165) is 6.07 Å². The lowest BCUT2D eigenvalue weighted by Gasteiger charge is -2.32. The Balaban J connectivity index is 2.38. The van der Waals surface area contributed by atoms with Crippen LogP contribution in [-0.4, -0.2) is 23.3 Å². The Bertz CT molecular complexity index is 554. The van der Waals surface area contributed by atoms with Crippen LogP contribution in [0.4, 0.5) is 8.78 Å². The molecule has 0 saturated carbocycles. The average Bonchev–Trinajstić information content (AvgIpc) is 2.57. The Hall–Kier alpha value is -1.52. The largest absolute Gasteiger partial charge is 0.497 e.